The third-order valence-corrected chi connectivity index (χ3v) is 2.83. The van der Waals surface area contributed by atoms with Crippen LogP contribution < -0.4 is 0 Å². The number of hydrogen-bond donors (Lipinski definition) is 1. The molecule has 2 heteroatoms. The molecule has 1 aliphatic rings. The highest BCUT2D eigenvalue weighted by molar-refractivity contribution is 4.84. The van der Waals surface area contributed by atoms with Crippen LogP contribution in [-0.2, 0) is 0 Å². The molecule has 0 aromatic heterocycles. The maximum absolute atomic E-state index is 9.68. The van der Waals surface area contributed by atoms with Crippen molar-refractivity contribution in [3.8, 4) is 0 Å². The summed E-state index contributed by atoms with van der Waals surface area (Å²) in [5.74, 6) is 0. The van der Waals surface area contributed by atoms with E-state index in [0.29, 0.717) is 6.04 Å². The fraction of sp³-hybridized carbons (Fsp3) is 1.00. The average molecular weight is 171 g/mol. The zero-order chi connectivity index (χ0) is 8.97. The van der Waals surface area contributed by atoms with Gasteiger partial charge in [0.15, 0.2) is 0 Å². The summed E-state index contributed by atoms with van der Waals surface area (Å²) >= 11 is 0. The minimum atomic E-state index is -0.0588. The van der Waals surface area contributed by atoms with Gasteiger partial charge in [0.2, 0.25) is 0 Å². The monoisotopic (exact) mass is 171 g/mol. The lowest BCUT2D eigenvalue weighted by atomic mass is 10.1. The van der Waals surface area contributed by atoms with E-state index < -0.39 is 0 Å². The molecule has 1 rings (SSSR count). The van der Waals surface area contributed by atoms with Gasteiger partial charge in [0.25, 0.3) is 0 Å². The summed E-state index contributed by atoms with van der Waals surface area (Å²) in [6.07, 6.45) is 4.53. The van der Waals surface area contributed by atoms with Crippen molar-refractivity contribution in [3.63, 3.8) is 0 Å². The van der Waals surface area contributed by atoms with Crippen LogP contribution in [0.25, 0.3) is 0 Å². The van der Waals surface area contributed by atoms with Crippen molar-refractivity contribution < 1.29 is 5.11 Å². The van der Waals surface area contributed by atoms with Gasteiger partial charge in [-0.2, -0.15) is 0 Å². The highest BCUT2D eigenvalue weighted by Crippen LogP contribution is 2.23. The van der Waals surface area contributed by atoms with E-state index in [0.717, 1.165) is 19.5 Å². The first kappa shape index (κ1) is 10.0. The molecule has 12 heavy (non-hydrogen) atoms. The summed E-state index contributed by atoms with van der Waals surface area (Å²) in [7, 11) is 0. The third-order valence-electron chi connectivity index (χ3n) is 2.83. The van der Waals surface area contributed by atoms with Gasteiger partial charge in [-0.15, -0.1) is 0 Å². The first-order valence-electron chi connectivity index (χ1n) is 5.21. The predicted octanol–water partition coefficient (Wildman–Crippen LogP) is 1.63. The van der Waals surface area contributed by atoms with Crippen molar-refractivity contribution in [2.75, 3.05) is 13.1 Å². The second kappa shape index (κ2) is 4.83. The Hall–Kier alpha value is -0.0800. The number of likely N-dealkylation sites (N-methyl/N-ethyl adjacent to an activating group) is 1. The lowest BCUT2D eigenvalue weighted by Gasteiger charge is -2.29. The highest BCUT2D eigenvalue weighted by atomic mass is 16.3. The first-order chi connectivity index (χ1) is 5.79. The molecule has 2 atom stereocenters. The molecule has 1 N–H and O–H groups in total. The van der Waals surface area contributed by atoms with Gasteiger partial charge >= 0.3 is 0 Å². The number of nitrogens with zero attached hydrogens (tertiary/aromatic N) is 1. The molecule has 0 aromatic carbocycles. The van der Waals surface area contributed by atoms with E-state index in [1.54, 1.807) is 0 Å². The fourth-order valence-electron chi connectivity index (χ4n) is 2.19. The molecule has 0 aliphatic heterocycles. The predicted molar refractivity (Wildman–Crippen MR) is 51.2 cm³/mol. The van der Waals surface area contributed by atoms with Gasteiger partial charge in [-0.1, -0.05) is 13.8 Å². The van der Waals surface area contributed by atoms with Crippen molar-refractivity contribution >= 4 is 0 Å². The van der Waals surface area contributed by atoms with Crippen LogP contribution in [0, 0.1) is 0 Å². The lowest BCUT2D eigenvalue weighted by molar-refractivity contribution is 0.0739. The van der Waals surface area contributed by atoms with Crippen LogP contribution in [-0.4, -0.2) is 35.2 Å². The minimum absolute atomic E-state index is 0.0588. The Morgan fingerprint density at radius 1 is 1.33 bits per heavy atom. The normalized spacial score (nSPS) is 30.0. The van der Waals surface area contributed by atoms with E-state index >= 15 is 0 Å². The number of aliphatic hydroxyl groups excluding tert-OH is 1. The molecule has 0 spiro atoms. The number of aliphatic hydroxyl groups is 1. The minimum Gasteiger partial charge on any atom is -0.391 e. The molecular formula is C10H21NO. The van der Waals surface area contributed by atoms with E-state index in [2.05, 4.69) is 18.7 Å². The van der Waals surface area contributed by atoms with Gasteiger partial charge in [-0.25, -0.2) is 0 Å². The molecule has 0 aromatic rings. The second-order valence-corrected chi connectivity index (χ2v) is 3.69. The molecule has 1 aliphatic carbocycles. The Kier molecular flexibility index (Phi) is 4.02. The van der Waals surface area contributed by atoms with Gasteiger partial charge in [-0.3, -0.25) is 4.90 Å². The summed E-state index contributed by atoms with van der Waals surface area (Å²) in [6.45, 7) is 6.60. The summed E-state index contributed by atoms with van der Waals surface area (Å²) in [4.78, 5) is 2.41. The molecular weight excluding hydrogens is 150 g/mol. The third kappa shape index (κ3) is 2.20. The topological polar surface area (TPSA) is 23.5 Å². The van der Waals surface area contributed by atoms with Crippen molar-refractivity contribution in [1.82, 2.24) is 4.90 Å². The largest absolute Gasteiger partial charge is 0.391 e. The van der Waals surface area contributed by atoms with Crippen molar-refractivity contribution in [1.29, 1.82) is 0 Å². The maximum atomic E-state index is 9.68. The molecule has 1 saturated carbocycles. The van der Waals surface area contributed by atoms with Crippen LogP contribution in [0.3, 0.4) is 0 Å². The Balaban J connectivity index is 2.41. The van der Waals surface area contributed by atoms with E-state index in [4.69, 9.17) is 0 Å². The van der Waals surface area contributed by atoms with Crippen molar-refractivity contribution in [2.24, 2.45) is 0 Å². The molecule has 0 radical (unpaired) electrons. The summed E-state index contributed by atoms with van der Waals surface area (Å²) in [5.41, 5.74) is 0. The van der Waals surface area contributed by atoms with Crippen LogP contribution >= 0.6 is 0 Å². The average Bonchev–Trinajstić information content (AvgIpc) is 2.47. The summed E-state index contributed by atoms with van der Waals surface area (Å²) < 4.78 is 0. The highest BCUT2D eigenvalue weighted by Gasteiger charge is 2.28. The molecule has 0 amide bonds. The summed E-state index contributed by atoms with van der Waals surface area (Å²) in [6, 6.07) is 0.454. The van der Waals surface area contributed by atoms with E-state index in [-0.39, 0.29) is 6.10 Å². The first-order valence-corrected chi connectivity index (χ1v) is 5.21. The van der Waals surface area contributed by atoms with E-state index in [9.17, 15) is 5.11 Å². The van der Waals surface area contributed by atoms with Gasteiger partial charge in [0, 0.05) is 6.04 Å². The Morgan fingerprint density at radius 3 is 2.50 bits per heavy atom. The van der Waals surface area contributed by atoms with Gasteiger partial charge < -0.3 is 5.11 Å². The van der Waals surface area contributed by atoms with Crippen LogP contribution in [0.15, 0.2) is 0 Å². The lowest BCUT2D eigenvalue weighted by Crippen LogP contribution is -2.40. The molecule has 0 bridgehead atoms. The van der Waals surface area contributed by atoms with Gasteiger partial charge in [0.05, 0.1) is 6.10 Å². The van der Waals surface area contributed by atoms with Crippen LogP contribution in [0.2, 0.25) is 0 Å². The van der Waals surface area contributed by atoms with Crippen molar-refractivity contribution in [2.45, 2.75) is 51.7 Å². The zero-order valence-electron chi connectivity index (χ0n) is 8.29. The maximum Gasteiger partial charge on any atom is 0.0695 e. The quantitative estimate of drug-likeness (QED) is 0.695. The molecule has 0 saturated heterocycles. The summed E-state index contributed by atoms with van der Waals surface area (Å²) in [5, 5.41) is 9.68. The number of hydrogen-bond acceptors (Lipinski definition) is 2. The fourth-order valence-corrected chi connectivity index (χ4v) is 2.19. The molecule has 0 unspecified atom stereocenters. The van der Waals surface area contributed by atoms with E-state index in [1.807, 2.05) is 0 Å². The van der Waals surface area contributed by atoms with Crippen molar-refractivity contribution in [3.05, 3.63) is 0 Å². The second-order valence-electron chi connectivity index (χ2n) is 3.69. The number of rotatable bonds is 4. The molecule has 2 nitrogen and oxygen atoms in total. The smallest absolute Gasteiger partial charge is 0.0695 e. The molecule has 0 heterocycles. The zero-order valence-corrected chi connectivity index (χ0v) is 8.29. The standard InChI is InChI=1S/C10H21NO/c1-3-8-11(4-2)9-6-5-7-10(9)12/h9-10,12H,3-8H2,1-2H3/t9-,10+/m0/s1. The van der Waals surface area contributed by atoms with Gasteiger partial charge in [-0.05, 0) is 38.8 Å². The van der Waals surface area contributed by atoms with Crippen LogP contribution in [0.4, 0.5) is 0 Å². The van der Waals surface area contributed by atoms with Crippen LogP contribution in [0.5, 0.6) is 0 Å². The Labute approximate surface area is 75.6 Å². The van der Waals surface area contributed by atoms with Crippen LogP contribution in [0.1, 0.15) is 39.5 Å². The Morgan fingerprint density at radius 2 is 2.08 bits per heavy atom. The van der Waals surface area contributed by atoms with Gasteiger partial charge in [0.1, 0.15) is 0 Å². The SMILES string of the molecule is CCCN(CC)[C@H]1CCC[C@H]1O. The molecule has 72 valence electrons. The van der Waals surface area contributed by atoms with E-state index in [1.165, 1.54) is 19.3 Å². The Bertz CT molecular complexity index is 127. The molecule has 1 fully saturated rings.